The van der Waals surface area contributed by atoms with E-state index < -0.39 is 0 Å². The van der Waals surface area contributed by atoms with Crippen molar-refractivity contribution in [3.63, 3.8) is 0 Å². The van der Waals surface area contributed by atoms with Crippen LogP contribution in [0, 0.1) is 5.92 Å². The maximum atomic E-state index is 11.8. The van der Waals surface area contributed by atoms with Gasteiger partial charge in [0.1, 0.15) is 0 Å². The second-order valence-electron chi connectivity index (χ2n) is 6.20. The monoisotopic (exact) mass is 287 g/mol. The molecule has 1 heterocycles. The zero-order valence-electron chi connectivity index (χ0n) is 12.8. The number of carbonyl (C=O) groups excluding carboxylic acids is 1. The number of hydrogen-bond acceptors (Lipinski definition) is 3. The molecule has 1 saturated carbocycles. The fourth-order valence-corrected chi connectivity index (χ4v) is 2.91. The Morgan fingerprint density at radius 2 is 1.90 bits per heavy atom. The summed E-state index contributed by atoms with van der Waals surface area (Å²) in [4.78, 5) is 14.3. The molecule has 0 atom stereocenters. The summed E-state index contributed by atoms with van der Waals surface area (Å²) in [5.41, 5.74) is 2.02. The largest absolute Gasteiger partial charge is 0.382 e. The minimum Gasteiger partial charge on any atom is -0.382 e. The Hall–Kier alpha value is -1.55. The molecule has 1 aliphatic carbocycles. The fourth-order valence-electron chi connectivity index (χ4n) is 2.91. The third-order valence-electron chi connectivity index (χ3n) is 4.48. The third-order valence-corrected chi connectivity index (χ3v) is 4.48. The van der Waals surface area contributed by atoms with Crippen molar-refractivity contribution < 1.29 is 4.79 Å². The van der Waals surface area contributed by atoms with Gasteiger partial charge in [0.15, 0.2) is 0 Å². The van der Waals surface area contributed by atoms with E-state index in [0.29, 0.717) is 6.04 Å². The normalized spacial score (nSPS) is 20.2. The van der Waals surface area contributed by atoms with Crippen LogP contribution in [0.3, 0.4) is 0 Å². The maximum Gasteiger partial charge on any atom is 0.227 e. The van der Waals surface area contributed by atoms with Crippen molar-refractivity contribution in [2.75, 3.05) is 30.3 Å². The van der Waals surface area contributed by atoms with Gasteiger partial charge < -0.3 is 15.5 Å². The van der Waals surface area contributed by atoms with Crippen LogP contribution in [0.2, 0.25) is 0 Å². The van der Waals surface area contributed by atoms with E-state index in [4.69, 9.17) is 0 Å². The summed E-state index contributed by atoms with van der Waals surface area (Å²) in [5.74, 6) is 0.420. The van der Waals surface area contributed by atoms with Crippen molar-refractivity contribution in [1.29, 1.82) is 0 Å². The van der Waals surface area contributed by atoms with Crippen LogP contribution in [-0.4, -0.2) is 36.5 Å². The lowest BCUT2D eigenvalue weighted by molar-refractivity contribution is -0.117. The third kappa shape index (κ3) is 3.97. The molecule has 1 aliphatic heterocycles. The van der Waals surface area contributed by atoms with E-state index in [1.807, 2.05) is 18.2 Å². The minimum absolute atomic E-state index is 0.170. The zero-order valence-corrected chi connectivity index (χ0v) is 12.8. The van der Waals surface area contributed by atoms with Crippen LogP contribution in [0.1, 0.15) is 32.6 Å². The molecule has 1 aromatic carbocycles. The molecular weight excluding hydrogens is 262 g/mol. The average Bonchev–Trinajstić information content (AvgIpc) is 3.33. The van der Waals surface area contributed by atoms with E-state index >= 15 is 0 Å². The first-order chi connectivity index (χ1) is 10.2. The van der Waals surface area contributed by atoms with Crippen LogP contribution < -0.4 is 10.6 Å². The number of amides is 1. The number of rotatable bonds is 5. The van der Waals surface area contributed by atoms with Crippen molar-refractivity contribution in [3.8, 4) is 0 Å². The lowest BCUT2D eigenvalue weighted by Crippen LogP contribution is -2.38. The second kappa shape index (κ2) is 6.48. The lowest BCUT2D eigenvalue weighted by atomic mass is 10.0. The lowest BCUT2D eigenvalue weighted by Gasteiger charge is -2.32. The molecule has 2 N–H and O–H groups in total. The molecule has 0 radical (unpaired) electrons. The van der Waals surface area contributed by atoms with E-state index in [1.165, 1.54) is 25.9 Å². The van der Waals surface area contributed by atoms with Gasteiger partial charge in [-0.25, -0.2) is 0 Å². The van der Waals surface area contributed by atoms with Gasteiger partial charge in [-0.05, 0) is 50.4 Å². The number of benzene rings is 1. The van der Waals surface area contributed by atoms with Crippen molar-refractivity contribution in [3.05, 3.63) is 24.3 Å². The molecule has 2 aliphatic rings. The minimum atomic E-state index is 0.170. The molecule has 4 heteroatoms. The van der Waals surface area contributed by atoms with E-state index in [-0.39, 0.29) is 11.8 Å². The molecule has 0 unspecified atom stereocenters. The average molecular weight is 287 g/mol. The van der Waals surface area contributed by atoms with Crippen LogP contribution in [0.15, 0.2) is 24.3 Å². The molecule has 3 rings (SSSR count). The standard InChI is InChI=1S/C17H25N3O/c1-2-20-10-8-14(9-11-20)18-15-4-3-5-16(12-15)19-17(21)13-6-7-13/h3-5,12-14,18H,2,6-11H2,1H3,(H,19,21). The molecular formula is C17H25N3O. The Balaban J connectivity index is 1.54. The van der Waals surface area contributed by atoms with Gasteiger partial charge in [-0.2, -0.15) is 0 Å². The molecule has 114 valence electrons. The first-order valence-electron chi connectivity index (χ1n) is 8.14. The molecule has 0 spiro atoms. The maximum absolute atomic E-state index is 11.8. The molecule has 1 saturated heterocycles. The Morgan fingerprint density at radius 1 is 1.19 bits per heavy atom. The summed E-state index contributed by atoms with van der Waals surface area (Å²) in [5, 5.41) is 6.62. The van der Waals surface area contributed by atoms with Crippen LogP contribution in [-0.2, 0) is 4.79 Å². The number of carbonyl (C=O) groups is 1. The molecule has 0 bridgehead atoms. The zero-order chi connectivity index (χ0) is 14.7. The second-order valence-corrected chi connectivity index (χ2v) is 6.20. The molecule has 0 aromatic heterocycles. The predicted molar refractivity (Wildman–Crippen MR) is 86.6 cm³/mol. The van der Waals surface area contributed by atoms with Gasteiger partial charge in [0.05, 0.1) is 0 Å². The van der Waals surface area contributed by atoms with Gasteiger partial charge >= 0.3 is 0 Å². The van der Waals surface area contributed by atoms with Gasteiger partial charge in [-0.3, -0.25) is 4.79 Å². The summed E-state index contributed by atoms with van der Waals surface area (Å²) >= 11 is 0. The number of piperidine rings is 1. The summed E-state index contributed by atoms with van der Waals surface area (Å²) in [6, 6.07) is 8.64. The van der Waals surface area contributed by atoms with Crippen molar-refractivity contribution in [2.24, 2.45) is 5.92 Å². The number of nitrogens with one attached hydrogen (secondary N) is 2. The van der Waals surface area contributed by atoms with Crippen LogP contribution >= 0.6 is 0 Å². The topological polar surface area (TPSA) is 44.4 Å². The van der Waals surface area contributed by atoms with Crippen LogP contribution in [0.25, 0.3) is 0 Å². The SMILES string of the molecule is CCN1CCC(Nc2cccc(NC(=O)C3CC3)c2)CC1. The van der Waals surface area contributed by atoms with Gasteiger partial charge in [-0.1, -0.05) is 13.0 Å². The molecule has 21 heavy (non-hydrogen) atoms. The molecule has 1 aromatic rings. The summed E-state index contributed by atoms with van der Waals surface area (Å²) in [7, 11) is 0. The molecule has 4 nitrogen and oxygen atoms in total. The molecule has 2 fully saturated rings. The highest BCUT2D eigenvalue weighted by Crippen LogP contribution is 2.30. The van der Waals surface area contributed by atoms with Gasteiger partial charge in [0.25, 0.3) is 0 Å². The summed E-state index contributed by atoms with van der Waals surface area (Å²) in [6.45, 7) is 5.72. The first-order valence-corrected chi connectivity index (χ1v) is 8.14. The number of anilines is 2. The summed E-state index contributed by atoms with van der Waals surface area (Å²) < 4.78 is 0. The van der Waals surface area contributed by atoms with E-state index in [2.05, 4.69) is 28.5 Å². The smallest absolute Gasteiger partial charge is 0.227 e. The quantitative estimate of drug-likeness (QED) is 0.875. The Morgan fingerprint density at radius 3 is 2.57 bits per heavy atom. The van der Waals surface area contributed by atoms with Gasteiger partial charge in [-0.15, -0.1) is 0 Å². The molecule has 1 amide bonds. The fraction of sp³-hybridized carbons (Fsp3) is 0.588. The van der Waals surface area contributed by atoms with Crippen molar-refractivity contribution in [2.45, 2.75) is 38.6 Å². The number of nitrogens with zero attached hydrogens (tertiary/aromatic N) is 1. The highest BCUT2D eigenvalue weighted by Gasteiger charge is 2.29. The number of likely N-dealkylation sites (tertiary alicyclic amines) is 1. The van der Waals surface area contributed by atoms with Crippen LogP contribution in [0.4, 0.5) is 11.4 Å². The van der Waals surface area contributed by atoms with Gasteiger partial charge in [0, 0.05) is 36.4 Å². The van der Waals surface area contributed by atoms with Crippen LogP contribution in [0.5, 0.6) is 0 Å². The Bertz CT molecular complexity index is 491. The Kier molecular flexibility index (Phi) is 4.44. The first kappa shape index (κ1) is 14.4. The van der Waals surface area contributed by atoms with Crippen molar-refractivity contribution >= 4 is 17.3 Å². The highest BCUT2D eigenvalue weighted by molar-refractivity contribution is 5.94. The predicted octanol–water partition coefficient (Wildman–Crippen LogP) is 2.93. The van der Waals surface area contributed by atoms with E-state index in [9.17, 15) is 4.79 Å². The van der Waals surface area contributed by atoms with Gasteiger partial charge in [0.2, 0.25) is 5.91 Å². The van der Waals surface area contributed by atoms with Crippen molar-refractivity contribution in [1.82, 2.24) is 4.90 Å². The number of hydrogen-bond donors (Lipinski definition) is 2. The van der Waals surface area contributed by atoms with E-state index in [1.54, 1.807) is 0 Å². The Labute approximate surface area is 126 Å². The summed E-state index contributed by atoms with van der Waals surface area (Å²) in [6.07, 6.45) is 4.46. The highest BCUT2D eigenvalue weighted by atomic mass is 16.2. The van der Waals surface area contributed by atoms with E-state index in [0.717, 1.165) is 30.8 Å².